The molecule has 5 heteroatoms. The Kier molecular flexibility index (Phi) is 5.10. The van der Waals surface area contributed by atoms with Crippen LogP contribution in [0.25, 0.3) is 11.5 Å². The molecule has 0 aromatic carbocycles. The maximum absolute atomic E-state index is 5.65. The quantitative estimate of drug-likeness (QED) is 0.817. The minimum absolute atomic E-state index is 0.538. The number of hydrogen-bond acceptors (Lipinski definition) is 4. The molecule has 2 rings (SSSR count). The Morgan fingerprint density at radius 3 is 2.95 bits per heavy atom. The topological polar surface area (TPSA) is 53.9 Å². The van der Waals surface area contributed by atoms with E-state index in [4.69, 9.17) is 4.42 Å². The van der Waals surface area contributed by atoms with Gasteiger partial charge in [0.2, 0.25) is 0 Å². The lowest BCUT2D eigenvalue weighted by atomic mass is 10.2. The van der Waals surface area contributed by atoms with Gasteiger partial charge >= 0.3 is 0 Å². The van der Waals surface area contributed by atoms with E-state index in [2.05, 4.69) is 28.7 Å². The molecule has 104 valence electrons. The molecule has 0 amide bonds. The summed E-state index contributed by atoms with van der Waals surface area (Å²) in [5.41, 5.74) is 2.12. The third kappa shape index (κ3) is 3.64. The van der Waals surface area contributed by atoms with Crippen molar-refractivity contribution in [2.45, 2.75) is 32.9 Å². The Morgan fingerprint density at radius 1 is 1.47 bits per heavy atom. The smallest absolute Gasteiger partial charge is 0.152 e. The summed E-state index contributed by atoms with van der Waals surface area (Å²) in [7, 11) is 0. The molecule has 0 spiro atoms. The Hall–Kier alpha value is -1.20. The van der Waals surface area contributed by atoms with Gasteiger partial charge in [0, 0.05) is 23.9 Å². The fraction of sp³-hybridized carbons (Fsp3) is 0.500. The molecule has 2 heterocycles. The van der Waals surface area contributed by atoms with Crippen molar-refractivity contribution in [2.24, 2.45) is 0 Å². The second-order valence-corrected chi connectivity index (χ2v) is 5.53. The van der Waals surface area contributed by atoms with Crippen LogP contribution in [0.4, 0.5) is 0 Å². The van der Waals surface area contributed by atoms with Gasteiger partial charge in [-0.15, -0.1) is 0 Å². The Balaban J connectivity index is 2.04. The van der Waals surface area contributed by atoms with Gasteiger partial charge in [0.1, 0.15) is 11.5 Å². The van der Waals surface area contributed by atoms with Crippen LogP contribution >= 0.6 is 11.8 Å². The second-order valence-electron chi connectivity index (χ2n) is 4.62. The molecule has 2 N–H and O–H groups in total. The first kappa shape index (κ1) is 14.2. The molecule has 0 radical (unpaired) electrons. The third-order valence-corrected chi connectivity index (χ3v) is 3.88. The van der Waals surface area contributed by atoms with Crippen molar-refractivity contribution in [3.8, 4) is 11.5 Å². The highest BCUT2D eigenvalue weighted by molar-refractivity contribution is 7.98. The van der Waals surface area contributed by atoms with Crippen molar-refractivity contribution in [2.75, 3.05) is 12.0 Å². The standard InChI is InChI=1S/C14H21N3OS/c1-4-12(9-19-3)15-7-11-8-16-17-14(11)13-6-5-10(2)18-13/h5-6,8,12,15H,4,7,9H2,1-3H3,(H,16,17). The number of furan rings is 1. The largest absolute Gasteiger partial charge is 0.460 e. The molecule has 1 atom stereocenters. The van der Waals surface area contributed by atoms with E-state index in [1.165, 1.54) is 0 Å². The zero-order chi connectivity index (χ0) is 13.7. The molecule has 4 nitrogen and oxygen atoms in total. The van der Waals surface area contributed by atoms with Gasteiger partial charge in [0.25, 0.3) is 0 Å². The Bertz CT molecular complexity index is 506. The van der Waals surface area contributed by atoms with E-state index < -0.39 is 0 Å². The molecule has 0 saturated heterocycles. The summed E-state index contributed by atoms with van der Waals surface area (Å²) in [6.45, 7) is 4.97. The Labute approximate surface area is 118 Å². The summed E-state index contributed by atoms with van der Waals surface area (Å²) in [5, 5.41) is 10.7. The summed E-state index contributed by atoms with van der Waals surface area (Å²) in [6, 6.07) is 4.48. The minimum Gasteiger partial charge on any atom is -0.460 e. The zero-order valence-electron chi connectivity index (χ0n) is 11.7. The molecule has 0 aliphatic heterocycles. The molecule has 0 aliphatic carbocycles. The lowest BCUT2D eigenvalue weighted by molar-refractivity contribution is 0.534. The van der Waals surface area contributed by atoms with Crippen LogP contribution in [0.15, 0.2) is 22.7 Å². The van der Waals surface area contributed by atoms with Crippen molar-refractivity contribution in [1.29, 1.82) is 0 Å². The molecule has 19 heavy (non-hydrogen) atoms. The van der Waals surface area contributed by atoms with Crippen molar-refractivity contribution < 1.29 is 4.42 Å². The van der Waals surface area contributed by atoms with Crippen molar-refractivity contribution in [1.82, 2.24) is 15.5 Å². The number of aromatic amines is 1. The van der Waals surface area contributed by atoms with Gasteiger partial charge in [-0.05, 0) is 31.7 Å². The van der Waals surface area contributed by atoms with Gasteiger partial charge in [-0.1, -0.05) is 6.92 Å². The average molecular weight is 279 g/mol. The number of thioether (sulfide) groups is 1. The second kappa shape index (κ2) is 6.82. The van der Waals surface area contributed by atoms with E-state index in [0.29, 0.717) is 6.04 Å². The van der Waals surface area contributed by atoms with E-state index in [1.807, 2.05) is 37.0 Å². The number of aryl methyl sites for hydroxylation is 1. The molecule has 2 aromatic rings. The molecule has 0 aliphatic rings. The van der Waals surface area contributed by atoms with Crippen LogP contribution in [0.1, 0.15) is 24.7 Å². The lowest BCUT2D eigenvalue weighted by Crippen LogP contribution is -2.30. The van der Waals surface area contributed by atoms with Crippen LogP contribution in [0.5, 0.6) is 0 Å². The minimum atomic E-state index is 0.538. The molecule has 1 unspecified atom stereocenters. The van der Waals surface area contributed by atoms with E-state index in [1.54, 1.807) is 0 Å². The van der Waals surface area contributed by atoms with Gasteiger partial charge < -0.3 is 9.73 Å². The molecule has 0 bridgehead atoms. The average Bonchev–Trinajstić information content (AvgIpc) is 3.02. The van der Waals surface area contributed by atoms with Crippen molar-refractivity contribution >= 4 is 11.8 Å². The number of nitrogens with one attached hydrogen (secondary N) is 2. The number of nitrogens with zero attached hydrogens (tertiary/aromatic N) is 1. The summed E-state index contributed by atoms with van der Waals surface area (Å²) in [5.74, 6) is 2.89. The highest BCUT2D eigenvalue weighted by Gasteiger charge is 2.12. The van der Waals surface area contributed by atoms with E-state index in [0.717, 1.165) is 41.5 Å². The summed E-state index contributed by atoms with van der Waals surface area (Å²) in [4.78, 5) is 0. The van der Waals surface area contributed by atoms with Crippen molar-refractivity contribution in [3.63, 3.8) is 0 Å². The first-order chi connectivity index (χ1) is 9.24. The van der Waals surface area contributed by atoms with Crippen LogP contribution in [-0.2, 0) is 6.54 Å². The molecule has 0 fully saturated rings. The van der Waals surface area contributed by atoms with E-state index >= 15 is 0 Å². The number of H-pyrrole nitrogens is 1. The molecule has 2 aromatic heterocycles. The monoisotopic (exact) mass is 279 g/mol. The maximum Gasteiger partial charge on any atom is 0.152 e. The van der Waals surface area contributed by atoms with E-state index in [-0.39, 0.29) is 0 Å². The molecular formula is C14H21N3OS. The van der Waals surface area contributed by atoms with Crippen LogP contribution < -0.4 is 5.32 Å². The van der Waals surface area contributed by atoms with Crippen molar-refractivity contribution in [3.05, 3.63) is 29.7 Å². The maximum atomic E-state index is 5.65. The lowest BCUT2D eigenvalue weighted by Gasteiger charge is -2.15. The first-order valence-corrected chi connectivity index (χ1v) is 7.95. The predicted molar refractivity (Wildman–Crippen MR) is 80.3 cm³/mol. The van der Waals surface area contributed by atoms with Gasteiger partial charge in [0.15, 0.2) is 5.76 Å². The fourth-order valence-corrected chi connectivity index (χ4v) is 2.76. The van der Waals surface area contributed by atoms with E-state index in [9.17, 15) is 0 Å². The van der Waals surface area contributed by atoms with Gasteiger partial charge in [-0.25, -0.2) is 0 Å². The van der Waals surface area contributed by atoms with Gasteiger partial charge in [-0.3, -0.25) is 5.10 Å². The predicted octanol–water partition coefficient (Wildman–Crippen LogP) is 3.21. The number of hydrogen-bond donors (Lipinski definition) is 2. The normalized spacial score (nSPS) is 12.8. The first-order valence-electron chi connectivity index (χ1n) is 6.56. The fourth-order valence-electron chi connectivity index (χ4n) is 2.00. The van der Waals surface area contributed by atoms with Crippen LogP contribution in [0.2, 0.25) is 0 Å². The van der Waals surface area contributed by atoms with Gasteiger partial charge in [0.05, 0.1) is 6.20 Å². The zero-order valence-corrected chi connectivity index (χ0v) is 12.5. The van der Waals surface area contributed by atoms with Crippen LogP contribution in [0.3, 0.4) is 0 Å². The highest BCUT2D eigenvalue weighted by Crippen LogP contribution is 2.23. The van der Waals surface area contributed by atoms with Crippen LogP contribution in [-0.4, -0.2) is 28.2 Å². The highest BCUT2D eigenvalue weighted by atomic mass is 32.2. The summed E-state index contributed by atoms with van der Waals surface area (Å²) in [6.07, 6.45) is 5.14. The molecule has 0 saturated carbocycles. The number of rotatable bonds is 7. The SMILES string of the molecule is CCC(CSC)NCc1cn[nH]c1-c1ccc(C)o1. The van der Waals surface area contributed by atoms with Crippen LogP contribution in [0, 0.1) is 6.92 Å². The Morgan fingerprint density at radius 2 is 2.32 bits per heavy atom. The number of aromatic nitrogens is 2. The summed E-state index contributed by atoms with van der Waals surface area (Å²) >= 11 is 1.87. The molecular weight excluding hydrogens is 258 g/mol. The third-order valence-electron chi connectivity index (χ3n) is 3.15. The summed E-state index contributed by atoms with van der Waals surface area (Å²) < 4.78 is 5.65. The van der Waals surface area contributed by atoms with Gasteiger partial charge in [-0.2, -0.15) is 16.9 Å².